The molecule has 3 heterocycles. The van der Waals surface area contributed by atoms with E-state index in [-0.39, 0.29) is 11.9 Å². The van der Waals surface area contributed by atoms with Gasteiger partial charge in [-0.25, -0.2) is 4.98 Å². The molecule has 130 valence electrons. The monoisotopic (exact) mass is 337 g/mol. The Labute approximate surface area is 147 Å². The third-order valence-corrected chi connectivity index (χ3v) is 5.04. The SMILES string of the molecule is CC1c2nc(C(=O)N(C)C)cn2CCN1Cc1cccc2[nH]ccc12. The van der Waals surface area contributed by atoms with Crippen LogP contribution in [0.4, 0.5) is 0 Å². The second-order valence-electron chi connectivity index (χ2n) is 6.88. The Kier molecular flexibility index (Phi) is 3.84. The number of aromatic nitrogens is 3. The Morgan fingerprint density at radius 2 is 2.16 bits per heavy atom. The number of nitrogens with zero attached hydrogens (tertiary/aromatic N) is 4. The van der Waals surface area contributed by atoms with Gasteiger partial charge < -0.3 is 14.5 Å². The fourth-order valence-electron chi connectivity index (χ4n) is 3.59. The number of hydrogen-bond acceptors (Lipinski definition) is 3. The van der Waals surface area contributed by atoms with Crippen molar-refractivity contribution in [2.75, 3.05) is 20.6 Å². The van der Waals surface area contributed by atoms with Crippen LogP contribution in [0.2, 0.25) is 0 Å². The number of rotatable bonds is 3. The molecule has 1 aromatic carbocycles. The van der Waals surface area contributed by atoms with Crippen LogP contribution in [0, 0.1) is 0 Å². The van der Waals surface area contributed by atoms with Crippen molar-refractivity contribution in [3.8, 4) is 0 Å². The molecule has 0 radical (unpaired) electrons. The lowest BCUT2D eigenvalue weighted by molar-refractivity contribution is 0.0822. The topological polar surface area (TPSA) is 57.2 Å². The van der Waals surface area contributed by atoms with Gasteiger partial charge in [-0.15, -0.1) is 0 Å². The number of fused-ring (bicyclic) bond motifs is 2. The summed E-state index contributed by atoms with van der Waals surface area (Å²) in [5.74, 6) is 0.926. The molecule has 0 fully saturated rings. The molecule has 1 amide bonds. The first-order valence-corrected chi connectivity index (χ1v) is 8.62. The summed E-state index contributed by atoms with van der Waals surface area (Å²) in [6.07, 6.45) is 3.87. The van der Waals surface area contributed by atoms with Crippen LogP contribution < -0.4 is 0 Å². The third kappa shape index (κ3) is 2.72. The summed E-state index contributed by atoms with van der Waals surface area (Å²) in [5.41, 5.74) is 3.01. The van der Waals surface area contributed by atoms with Crippen LogP contribution in [-0.4, -0.2) is 50.9 Å². The number of benzene rings is 1. The Morgan fingerprint density at radius 3 is 2.96 bits per heavy atom. The number of carbonyl (C=O) groups excluding carboxylic acids is 1. The maximum Gasteiger partial charge on any atom is 0.273 e. The molecule has 1 N–H and O–H groups in total. The lowest BCUT2D eigenvalue weighted by Gasteiger charge is -2.33. The van der Waals surface area contributed by atoms with Gasteiger partial charge in [0.1, 0.15) is 11.5 Å². The summed E-state index contributed by atoms with van der Waals surface area (Å²) < 4.78 is 2.12. The maximum absolute atomic E-state index is 12.2. The van der Waals surface area contributed by atoms with Crippen LogP contribution in [-0.2, 0) is 13.1 Å². The fraction of sp³-hybridized carbons (Fsp3) is 0.368. The summed E-state index contributed by atoms with van der Waals surface area (Å²) in [4.78, 5) is 24.1. The van der Waals surface area contributed by atoms with Crippen molar-refractivity contribution in [3.63, 3.8) is 0 Å². The predicted octanol–water partition coefficient (Wildman–Crippen LogP) is 2.64. The first-order valence-electron chi connectivity index (χ1n) is 8.62. The number of H-pyrrole nitrogens is 1. The minimum atomic E-state index is -0.0438. The lowest BCUT2D eigenvalue weighted by Crippen LogP contribution is -2.36. The Morgan fingerprint density at radius 1 is 1.32 bits per heavy atom. The van der Waals surface area contributed by atoms with Gasteiger partial charge in [0.2, 0.25) is 0 Å². The lowest BCUT2D eigenvalue weighted by atomic mass is 10.1. The van der Waals surface area contributed by atoms with Crippen LogP contribution in [0.25, 0.3) is 10.9 Å². The zero-order valence-electron chi connectivity index (χ0n) is 14.9. The molecular formula is C19H23N5O. The minimum absolute atomic E-state index is 0.0438. The Bertz CT molecular complexity index is 923. The molecule has 4 rings (SSSR count). The number of aromatic amines is 1. The Balaban J connectivity index is 1.60. The summed E-state index contributed by atoms with van der Waals surface area (Å²) >= 11 is 0. The van der Waals surface area contributed by atoms with E-state index in [1.165, 1.54) is 16.5 Å². The number of amides is 1. The molecule has 0 bridgehead atoms. The molecule has 2 aromatic heterocycles. The van der Waals surface area contributed by atoms with E-state index in [2.05, 4.69) is 50.6 Å². The highest BCUT2D eigenvalue weighted by Gasteiger charge is 2.28. The maximum atomic E-state index is 12.2. The summed E-state index contributed by atoms with van der Waals surface area (Å²) in [7, 11) is 3.52. The van der Waals surface area contributed by atoms with Gasteiger partial charge in [-0.2, -0.15) is 0 Å². The van der Waals surface area contributed by atoms with E-state index < -0.39 is 0 Å². The van der Waals surface area contributed by atoms with E-state index in [1.807, 2.05) is 12.4 Å². The second kappa shape index (κ2) is 6.04. The van der Waals surface area contributed by atoms with Gasteiger partial charge >= 0.3 is 0 Å². The van der Waals surface area contributed by atoms with Crippen molar-refractivity contribution in [1.82, 2.24) is 24.3 Å². The zero-order chi connectivity index (χ0) is 17.6. The molecule has 0 aliphatic carbocycles. The van der Waals surface area contributed by atoms with E-state index in [0.717, 1.165) is 25.5 Å². The van der Waals surface area contributed by atoms with Crippen LogP contribution in [0.15, 0.2) is 36.7 Å². The van der Waals surface area contributed by atoms with Crippen LogP contribution >= 0.6 is 0 Å². The summed E-state index contributed by atoms with van der Waals surface area (Å²) in [6.45, 7) is 4.84. The van der Waals surface area contributed by atoms with Crippen molar-refractivity contribution in [2.45, 2.75) is 26.1 Å². The molecule has 0 spiro atoms. The number of nitrogens with one attached hydrogen (secondary N) is 1. The molecule has 1 aliphatic heterocycles. The van der Waals surface area contributed by atoms with E-state index in [0.29, 0.717) is 5.69 Å². The van der Waals surface area contributed by atoms with Crippen LogP contribution in [0.1, 0.15) is 34.8 Å². The van der Waals surface area contributed by atoms with Gasteiger partial charge in [0.05, 0.1) is 6.04 Å². The largest absolute Gasteiger partial charge is 0.361 e. The average molecular weight is 337 g/mol. The van der Waals surface area contributed by atoms with E-state index in [1.54, 1.807) is 19.0 Å². The zero-order valence-corrected chi connectivity index (χ0v) is 14.9. The molecule has 6 heteroatoms. The first kappa shape index (κ1) is 15.9. The fourth-order valence-corrected chi connectivity index (χ4v) is 3.59. The molecule has 0 saturated heterocycles. The van der Waals surface area contributed by atoms with E-state index in [9.17, 15) is 4.79 Å². The quantitative estimate of drug-likeness (QED) is 0.799. The van der Waals surface area contributed by atoms with Gasteiger partial charge in [-0.3, -0.25) is 9.69 Å². The van der Waals surface area contributed by atoms with E-state index in [4.69, 9.17) is 0 Å². The number of imidazole rings is 1. The first-order chi connectivity index (χ1) is 12.0. The van der Waals surface area contributed by atoms with Crippen molar-refractivity contribution >= 4 is 16.8 Å². The van der Waals surface area contributed by atoms with Crippen molar-refractivity contribution in [2.24, 2.45) is 0 Å². The Hall–Kier alpha value is -2.60. The number of hydrogen-bond donors (Lipinski definition) is 1. The second-order valence-corrected chi connectivity index (χ2v) is 6.88. The molecule has 1 aliphatic rings. The standard InChI is InChI=1S/C19H23N5O/c1-13-18-21-17(19(25)22(2)3)12-24(18)10-9-23(13)11-14-5-4-6-16-15(14)7-8-20-16/h4-8,12-13,20H,9-11H2,1-3H3. The smallest absolute Gasteiger partial charge is 0.273 e. The average Bonchev–Trinajstić information content (AvgIpc) is 3.24. The van der Waals surface area contributed by atoms with Crippen molar-refractivity contribution < 1.29 is 4.79 Å². The normalized spacial score (nSPS) is 17.6. The van der Waals surface area contributed by atoms with Crippen LogP contribution in [0.5, 0.6) is 0 Å². The van der Waals surface area contributed by atoms with Crippen molar-refractivity contribution in [1.29, 1.82) is 0 Å². The highest BCUT2D eigenvalue weighted by Crippen LogP contribution is 2.28. The van der Waals surface area contributed by atoms with Gasteiger partial charge in [-0.1, -0.05) is 12.1 Å². The van der Waals surface area contributed by atoms with E-state index >= 15 is 0 Å². The molecule has 3 aromatic rings. The van der Waals surface area contributed by atoms with Gasteiger partial charge in [0.15, 0.2) is 0 Å². The summed E-state index contributed by atoms with van der Waals surface area (Å²) in [6, 6.07) is 8.69. The van der Waals surface area contributed by atoms with Gasteiger partial charge in [0.25, 0.3) is 5.91 Å². The highest BCUT2D eigenvalue weighted by molar-refractivity contribution is 5.91. The van der Waals surface area contributed by atoms with Crippen molar-refractivity contribution in [3.05, 3.63) is 53.7 Å². The summed E-state index contributed by atoms with van der Waals surface area (Å²) in [5, 5.41) is 1.27. The molecule has 0 saturated carbocycles. The number of carbonyl (C=O) groups is 1. The van der Waals surface area contributed by atoms with Gasteiger partial charge in [-0.05, 0) is 24.6 Å². The van der Waals surface area contributed by atoms with Crippen LogP contribution in [0.3, 0.4) is 0 Å². The third-order valence-electron chi connectivity index (χ3n) is 5.04. The minimum Gasteiger partial charge on any atom is -0.361 e. The van der Waals surface area contributed by atoms with Gasteiger partial charge in [0, 0.05) is 57.0 Å². The molecular weight excluding hydrogens is 314 g/mol. The molecule has 25 heavy (non-hydrogen) atoms. The predicted molar refractivity (Wildman–Crippen MR) is 97.4 cm³/mol. The molecule has 1 unspecified atom stereocenters. The molecule has 1 atom stereocenters. The molecule has 6 nitrogen and oxygen atoms in total. The highest BCUT2D eigenvalue weighted by atomic mass is 16.2.